The van der Waals surface area contributed by atoms with Crippen molar-refractivity contribution in [3.63, 3.8) is 0 Å². The number of morpholine rings is 1. The van der Waals surface area contributed by atoms with E-state index in [2.05, 4.69) is 20.5 Å². The minimum absolute atomic E-state index is 0.0466. The van der Waals surface area contributed by atoms with Crippen LogP contribution < -0.4 is 5.32 Å². The van der Waals surface area contributed by atoms with Gasteiger partial charge in [0.05, 0.1) is 18.7 Å². The van der Waals surface area contributed by atoms with E-state index in [-0.39, 0.29) is 18.4 Å². The number of fused-ring (bicyclic) bond motifs is 1. The first-order valence-electron chi connectivity index (χ1n) is 12.7. The molecule has 1 aliphatic heterocycles. The van der Waals surface area contributed by atoms with Gasteiger partial charge in [-0.1, -0.05) is 54.1 Å². The molecule has 1 fully saturated rings. The summed E-state index contributed by atoms with van der Waals surface area (Å²) in [5.74, 6) is -0.503. The van der Waals surface area contributed by atoms with Crippen molar-refractivity contribution in [2.75, 3.05) is 39.4 Å². The molecule has 0 saturated carbocycles. The van der Waals surface area contributed by atoms with E-state index in [1.807, 2.05) is 63.2 Å². The fourth-order valence-electron chi connectivity index (χ4n) is 4.36. The summed E-state index contributed by atoms with van der Waals surface area (Å²) in [6.45, 7) is 9.72. The van der Waals surface area contributed by atoms with E-state index in [1.54, 1.807) is 15.6 Å². The van der Waals surface area contributed by atoms with Gasteiger partial charge in [-0.25, -0.2) is 4.68 Å². The number of amides is 2. The maximum atomic E-state index is 14.0. The van der Waals surface area contributed by atoms with Gasteiger partial charge in [0.15, 0.2) is 0 Å². The predicted molar refractivity (Wildman–Crippen MR) is 143 cm³/mol. The van der Waals surface area contributed by atoms with Crippen molar-refractivity contribution in [2.45, 2.75) is 45.3 Å². The Hall–Kier alpha value is -3.01. The SMILES string of the molecule is CCC(C)(C)NC(=O)[C@H](c1ccccc1Cl)N(CCN1CCOCC1)C(=O)Cn1nnc2ccccc21. The summed E-state index contributed by atoms with van der Waals surface area (Å²) in [5.41, 5.74) is 1.61. The number of carbonyl (C=O) groups is 2. The van der Waals surface area contributed by atoms with Crippen LogP contribution in [0, 0.1) is 0 Å². The van der Waals surface area contributed by atoms with E-state index in [0.29, 0.717) is 42.4 Å². The van der Waals surface area contributed by atoms with Crippen LogP contribution in [0.3, 0.4) is 0 Å². The highest BCUT2D eigenvalue weighted by Crippen LogP contribution is 2.29. The van der Waals surface area contributed by atoms with Crippen molar-refractivity contribution in [3.8, 4) is 0 Å². The van der Waals surface area contributed by atoms with E-state index in [1.165, 1.54) is 0 Å². The molecule has 1 aromatic heterocycles. The largest absolute Gasteiger partial charge is 0.379 e. The molecular formula is C27H35ClN6O3. The van der Waals surface area contributed by atoms with Gasteiger partial charge in [-0.05, 0) is 38.5 Å². The Morgan fingerprint density at radius 2 is 1.84 bits per heavy atom. The normalized spacial score (nSPS) is 15.5. The lowest BCUT2D eigenvalue weighted by Crippen LogP contribution is -2.52. The Bertz CT molecular complexity index is 1220. The molecule has 3 aromatic rings. The first kappa shape index (κ1) is 27.0. The second-order valence-corrected chi connectivity index (χ2v) is 10.3. The van der Waals surface area contributed by atoms with Gasteiger partial charge in [-0.3, -0.25) is 14.5 Å². The molecule has 10 heteroatoms. The summed E-state index contributed by atoms with van der Waals surface area (Å²) in [6, 6.07) is 13.8. The lowest BCUT2D eigenvalue weighted by molar-refractivity contribution is -0.142. The second kappa shape index (κ2) is 12.0. The van der Waals surface area contributed by atoms with Crippen LogP contribution in [-0.4, -0.2) is 81.5 Å². The van der Waals surface area contributed by atoms with Gasteiger partial charge in [0.1, 0.15) is 18.1 Å². The lowest BCUT2D eigenvalue weighted by atomic mass is 9.98. The van der Waals surface area contributed by atoms with Crippen molar-refractivity contribution >= 4 is 34.4 Å². The second-order valence-electron chi connectivity index (χ2n) is 9.93. The zero-order chi connectivity index (χ0) is 26.4. The Kier molecular flexibility index (Phi) is 8.79. The average molecular weight is 527 g/mol. The number of benzene rings is 2. The van der Waals surface area contributed by atoms with E-state index >= 15 is 0 Å². The molecule has 2 amide bonds. The number of carbonyl (C=O) groups excluding carboxylic acids is 2. The number of halogens is 1. The monoisotopic (exact) mass is 526 g/mol. The fraction of sp³-hybridized carbons (Fsp3) is 0.481. The first-order valence-corrected chi connectivity index (χ1v) is 13.1. The lowest BCUT2D eigenvalue weighted by Gasteiger charge is -2.36. The van der Waals surface area contributed by atoms with E-state index in [0.717, 1.165) is 25.0 Å². The Morgan fingerprint density at radius 1 is 1.14 bits per heavy atom. The third-order valence-corrected chi connectivity index (χ3v) is 7.24. The zero-order valence-electron chi connectivity index (χ0n) is 21.7. The van der Waals surface area contributed by atoms with E-state index in [9.17, 15) is 9.59 Å². The quantitative estimate of drug-likeness (QED) is 0.436. The Morgan fingerprint density at radius 3 is 2.57 bits per heavy atom. The topological polar surface area (TPSA) is 92.6 Å². The number of aromatic nitrogens is 3. The highest BCUT2D eigenvalue weighted by molar-refractivity contribution is 6.31. The molecule has 0 aliphatic carbocycles. The molecule has 9 nitrogen and oxygen atoms in total. The minimum atomic E-state index is -0.900. The summed E-state index contributed by atoms with van der Waals surface area (Å²) in [7, 11) is 0. The molecule has 2 heterocycles. The summed E-state index contributed by atoms with van der Waals surface area (Å²) in [5, 5.41) is 12.0. The van der Waals surface area contributed by atoms with Crippen LogP contribution in [0.25, 0.3) is 11.0 Å². The number of hydrogen-bond acceptors (Lipinski definition) is 6. The smallest absolute Gasteiger partial charge is 0.247 e. The molecule has 2 aromatic carbocycles. The first-order chi connectivity index (χ1) is 17.8. The van der Waals surface area contributed by atoms with Gasteiger partial charge in [0, 0.05) is 42.3 Å². The van der Waals surface area contributed by atoms with Gasteiger partial charge in [-0.15, -0.1) is 5.10 Å². The van der Waals surface area contributed by atoms with Gasteiger partial charge in [-0.2, -0.15) is 0 Å². The van der Waals surface area contributed by atoms with Crippen LogP contribution in [0.5, 0.6) is 0 Å². The van der Waals surface area contributed by atoms with Crippen LogP contribution in [0.2, 0.25) is 5.02 Å². The molecule has 198 valence electrons. The molecule has 1 aliphatic rings. The van der Waals surface area contributed by atoms with Crippen molar-refractivity contribution in [1.82, 2.24) is 30.1 Å². The van der Waals surface area contributed by atoms with E-state index < -0.39 is 11.6 Å². The molecule has 37 heavy (non-hydrogen) atoms. The minimum Gasteiger partial charge on any atom is -0.379 e. The predicted octanol–water partition coefficient (Wildman–Crippen LogP) is 3.29. The molecule has 0 unspecified atom stereocenters. The number of para-hydroxylation sites is 1. The van der Waals surface area contributed by atoms with Crippen LogP contribution in [0.1, 0.15) is 38.8 Å². The molecule has 1 atom stereocenters. The van der Waals surface area contributed by atoms with Gasteiger partial charge in [0.25, 0.3) is 0 Å². The highest BCUT2D eigenvalue weighted by Gasteiger charge is 2.35. The number of hydrogen-bond donors (Lipinski definition) is 1. The molecule has 0 bridgehead atoms. The van der Waals surface area contributed by atoms with Crippen molar-refractivity contribution < 1.29 is 14.3 Å². The molecular weight excluding hydrogens is 492 g/mol. The molecule has 1 N–H and O–H groups in total. The van der Waals surface area contributed by atoms with E-state index in [4.69, 9.17) is 16.3 Å². The zero-order valence-corrected chi connectivity index (χ0v) is 22.4. The Labute approximate surface area is 222 Å². The average Bonchev–Trinajstić information content (AvgIpc) is 3.30. The van der Waals surface area contributed by atoms with Crippen molar-refractivity contribution in [3.05, 3.63) is 59.1 Å². The maximum Gasteiger partial charge on any atom is 0.247 e. The number of nitrogens with one attached hydrogen (secondary N) is 1. The molecule has 4 rings (SSSR count). The molecule has 1 saturated heterocycles. The molecule has 0 spiro atoms. The summed E-state index contributed by atoms with van der Waals surface area (Å²) in [6.07, 6.45) is 0.737. The standard InChI is InChI=1S/C27H35ClN6O3/c1-4-27(2,3)29-26(36)25(20-9-5-6-10-21(20)28)33(14-13-32-15-17-37-18-16-32)24(35)19-34-23-12-8-7-11-22(23)30-31-34/h5-12,25H,4,13-19H2,1-3H3,(H,29,36)/t25-/m0/s1. The van der Waals surface area contributed by atoms with Gasteiger partial charge < -0.3 is 15.0 Å². The third-order valence-electron chi connectivity index (χ3n) is 6.89. The number of rotatable bonds is 10. The molecule has 0 radical (unpaired) electrons. The summed E-state index contributed by atoms with van der Waals surface area (Å²) in [4.78, 5) is 31.7. The van der Waals surface area contributed by atoms with Crippen molar-refractivity contribution in [2.24, 2.45) is 0 Å². The highest BCUT2D eigenvalue weighted by atomic mass is 35.5. The van der Waals surface area contributed by atoms with Gasteiger partial charge >= 0.3 is 0 Å². The Balaban J connectivity index is 1.69. The van der Waals surface area contributed by atoms with Gasteiger partial charge in [0.2, 0.25) is 11.8 Å². The maximum absolute atomic E-state index is 14.0. The number of nitrogens with zero attached hydrogens (tertiary/aromatic N) is 5. The van der Waals surface area contributed by atoms with Crippen LogP contribution in [-0.2, 0) is 20.9 Å². The summed E-state index contributed by atoms with van der Waals surface area (Å²) >= 11 is 6.61. The third kappa shape index (κ3) is 6.66. The fourth-order valence-corrected chi connectivity index (χ4v) is 4.60. The van der Waals surface area contributed by atoms with Crippen LogP contribution >= 0.6 is 11.6 Å². The number of ether oxygens (including phenoxy) is 1. The van der Waals surface area contributed by atoms with Crippen molar-refractivity contribution in [1.29, 1.82) is 0 Å². The van der Waals surface area contributed by atoms with Crippen LogP contribution in [0.15, 0.2) is 48.5 Å². The summed E-state index contributed by atoms with van der Waals surface area (Å²) < 4.78 is 7.06. The van der Waals surface area contributed by atoms with Crippen LogP contribution in [0.4, 0.5) is 0 Å².